The van der Waals surface area contributed by atoms with E-state index in [1.165, 1.54) is 4.90 Å². The number of fused-ring (bicyclic) bond motifs is 1. The van der Waals surface area contributed by atoms with Gasteiger partial charge in [0, 0.05) is 18.7 Å². The Morgan fingerprint density at radius 1 is 1.08 bits per heavy atom. The maximum atomic E-state index is 12.4. The van der Waals surface area contributed by atoms with Crippen molar-refractivity contribution >= 4 is 23.4 Å². The highest BCUT2D eigenvalue weighted by Gasteiger charge is 2.46. The number of aryl methyl sites for hydroxylation is 2. The van der Waals surface area contributed by atoms with Gasteiger partial charge in [0.25, 0.3) is 0 Å². The molecule has 5 nitrogen and oxygen atoms in total. The molecule has 1 aromatic rings. The summed E-state index contributed by atoms with van der Waals surface area (Å²) in [7, 11) is 0. The molecule has 1 aliphatic carbocycles. The second-order valence-electron chi connectivity index (χ2n) is 6.55. The standard InChI is InChI=1S/C19H22N2O3/c1-12-6-5-7-13(2)17(12)20-16(22)10-11-21-18(23)14-8-3-4-9-15(14)19(21)24/h3-7,14-15H,8-11H2,1-2H3,(H,20,22)/t14-,15-/m1/s1. The molecular weight excluding hydrogens is 304 g/mol. The Balaban J connectivity index is 1.61. The highest BCUT2D eigenvalue weighted by molar-refractivity contribution is 6.05. The number of likely N-dealkylation sites (tertiary alicyclic amines) is 1. The number of rotatable bonds is 4. The monoisotopic (exact) mass is 326 g/mol. The minimum atomic E-state index is -0.232. The third-order valence-corrected chi connectivity index (χ3v) is 4.91. The van der Waals surface area contributed by atoms with Gasteiger partial charge in [0.1, 0.15) is 0 Å². The normalized spacial score (nSPS) is 22.7. The van der Waals surface area contributed by atoms with Crippen molar-refractivity contribution in [3.05, 3.63) is 41.5 Å². The van der Waals surface area contributed by atoms with Crippen LogP contribution < -0.4 is 5.32 Å². The van der Waals surface area contributed by atoms with Crippen LogP contribution >= 0.6 is 0 Å². The zero-order valence-corrected chi connectivity index (χ0v) is 14.0. The number of hydrogen-bond donors (Lipinski definition) is 1. The number of nitrogens with one attached hydrogen (secondary N) is 1. The molecule has 1 aromatic carbocycles. The Morgan fingerprint density at radius 2 is 1.62 bits per heavy atom. The molecule has 1 heterocycles. The van der Waals surface area contributed by atoms with Crippen molar-refractivity contribution in [2.45, 2.75) is 33.1 Å². The number of benzene rings is 1. The number of anilines is 1. The van der Waals surface area contributed by atoms with Crippen molar-refractivity contribution in [1.82, 2.24) is 4.90 Å². The van der Waals surface area contributed by atoms with Gasteiger partial charge in [-0.25, -0.2) is 0 Å². The Kier molecular flexibility index (Phi) is 4.51. The van der Waals surface area contributed by atoms with Crippen LogP contribution in [0.5, 0.6) is 0 Å². The number of amides is 3. The lowest BCUT2D eigenvalue weighted by atomic mass is 9.85. The highest BCUT2D eigenvalue weighted by atomic mass is 16.2. The topological polar surface area (TPSA) is 66.5 Å². The average Bonchev–Trinajstić information content (AvgIpc) is 2.81. The van der Waals surface area contributed by atoms with Crippen LogP contribution in [0.1, 0.15) is 30.4 Å². The number of allylic oxidation sites excluding steroid dienone is 2. The fraction of sp³-hybridized carbons (Fsp3) is 0.421. The maximum absolute atomic E-state index is 12.4. The van der Waals surface area contributed by atoms with Gasteiger partial charge >= 0.3 is 0 Å². The van der Waals surface area contributed by atoms with Gasteiger partial charge in [0.2, 0.25) is 17.7 Å². The zero-order valence-electron chi connectivity index (χ0n) is 14.0. The molecule has 5 heteroatoms. The summed E-state index contributed by atoms with van der Waals surface area (Å²) in [6, 6.07) is 5.82. The fourth-order valence-corrected chi connectivity index (χ4v) is 3.52. The van der Waals surface area contributed by atoms with Crippen molar-refractivity contribution in [3.8, 4) is 0 Å². The van der Waals surface area contributed by atoms with Crippen LogP contribution in [0.2, 0.25) is 0 Å². The number of carbonyl (C=O) groups is 3. The minimum Gasteiger partial charge on any atom is -0.326 e. The first-order valence-electron chi connectivity index (χ1n) is 8.35. The van der Waals surface area contributed by atoms with Crippen LogP contribution in [-0.4, -0.2) is 29.2 Å². The quantitative estimate of drug-likeness (QED) is 0.683. The second-order valence-corrected chi connectivity index (χ2v) is 6.55. The van der Waals surface area contributed by atoms with E-state index in [4.69, 9.17) is 0 Å². The molecule has 3 amide bonds. The smallest absolute Gasteiger partial charge is 0.233 e. The summed E-state index contributed by atoms with van der Waals surface area (Å²) in [4.78, 5) is 38.2. The molecule has 1 fully saturated rings. The van der Waals surface area contributed by atoms with Crippen LogP contribution in [0.15, 0.2) is 30.4 Å². The van der Waals surface area contributed by atoms with Gasteiger partial charge in [-0.15, -0.1) is 0 Å². The van der Waals surface area contributed by atoms with E-state index in [9.17, 15) is 14.4 Å². The molecule has 24 heavy (non-hydrogen) atoms. The van der Waals surface area contributed by atoms with E-state index in [0.29, 0.717) is 12.8 Å². The van der Waals surface area contributed by atoms with Gasteiger partial charge in [0.15, 0.2) is 0 Å². The van der Waals surface area contributed by atoms with Crippen molar-refractivity contribution in [2.24, 2.45) is 11.8 Å². The summed E-state index contributed by atoms with van der Waals surface area (Å²) in [5, 5.41) is 2.89. The first-order valence-corrected chi connectivity index (χ1v) is 8.35. The van der Waals surface area contributed by atoms with E-state index in [-0.39, 0.29) is 42.5 Å². The molecule has 0 unspecified atom stereocenters. The Hall–Kier alpha value is -2.43. The van der Waals surface area contributed by atoms with Gasteiger partial charge in [-0.05, 0) is 37.8 Å². The van der Waals surface area contributed by atoms with Crippen LogP contribution in [0.25, 0.3) is 0 Å². The average molecular weight is 326 g/mol. The molecule has 1 aliphatic heterocycles. The number of nitrogens with zero attached hydrogens (tertiary/aromatic N) is 1. The molecule has 0 aromatic heterocycles. The first-order chi connectivity index (χ1) is 11.5. The lowest BCUT2D eigenvalue weighted by Gasteiger charge is -2.15. The SMILES string of the molecule is Cc1cccc(C)c1NC(=O)CCN1C(=O)[C@@H]2CC=CC[C@H]2C1=O. The number of hydrogen-bond acceptors (Lipinski definition) is 3. The van der Waals surface area contributed by atoms with E-state index in [0.717, 1.165) is 16.8 Å². The largest absolute Gasteiger partial charge is 0.326 e. The van der Waals surface area contributed by atoms with Gasteiger partial charge < -0.3 is 5.32 Å². The number of carbonyl (C=O) groups excluding carboxylic acids is 3. The lowest BCUT2D eigenvalue weighted by Crippen LogP contribution is -2.34. The first kappa shape index (κ1) is 16.4. The van der Waals surface area contributed by atoms with Crippen LogP contribution in [0.3, 0.4) is 0 Å². The minimum absolute atomic E-state index is 0.123. The summed E-state index contributed by atoms with van der Waals surface area (Å²) < 4.78 is 0. The van der Waals surface area contributed by atoms with Gasteiger partial charge in [-0.1, -0.05) is 30.4 Å². The van der Waals surface area contributed by atoms with E-state index in [1.807, 2.05) is 44.2 Å². The van der Waals surface area contributed by atoms with Gasteiger partial charge in [-0.2, -0.15) is 0 Å². The molecule has 3 rings (SSSR count). The van der Waals surface area contributed by atoms with E-state index in [1.54, 1.807) is 0 Å². The molecular formula is C19H22N2O3. The highest BCUT2D eigenvalue weighted by Crippen LogP contribution is 2.35. The van der Waals surface area contributed by atoms with E-state index < -0.39 is 0 Å². The van der Waals surface area contributed by atoms with Crippen molar-refractivity contribution < 1.29 is 14.4 Å². The van der Waals surface area contributed by atoms with Crippen LogP contribution in [0, 0.1) is 25.7 Å². The maximum Gasteiger partial charge on any atom is 0.233 e. The Bertz CT molecular complexity index is 677. The number of imide groups is 1. The van der Waals surface area contributed by atoms with Crippen molar-refractivity contribution in [2.75, 3.05) is 11.9 Å². The molecule has 0 bridgehead atoms. The van der Waals surface area contributed by atoms with E-state index in [2.05, 4.69) is 5.32 Å². The van der Waals surface area contributed by atoms with Crippen molar-refractivity contribution in [1.29, 1.82) is 0 Å². The zero-order chi connectivity index (χ0) is 17.3. The van der Waals surface area contributed by atoms with Gasteiger partial charge in [0.05, 0.1) is 11.8 Å². The predicted molar refractivity (Wildman–Crippen MR) is 91.2 cm³/mol. The fourth-order valence-electron chi connectivity index (χ4n) is 3.52. The molecule has 2 aliphatic rings. The lowest BCUT2D eigenvalue weighted by molar-refractivity contribution is -0.140. The Morgan fingerprint density at radius 3 is 2.17 bits per heavy atom. The molecule has 1 N–H and O–H groups in total. The molecule has 0 spiro atoms. The summed E-state index contributed by atoms with van der Waals surface area (Å²) in [5.41, 5.74) is 2.79. The molecule has 0 radical (unpaired) electrons. The Labute approximate surface area is 141 Å². The second kappa shape index (κ2) is 6.59. The van der Waals surface area contributed by atoms with E-state index >= 15 is 0 Å². The van der Waals surface area contributed by atoms with Crippen LogP contribution in [0.4, 0.5) is 5.69 Å². The predicted octanol–water partition coefficient (Wildman–Crippen LogP) is 2.58. The molecule has 2 atom stereocenters. The molecule has 1 saturated heterocycles. The van der Waals surface area contributed by atoms with Gasteiger partial charge in [-0.3, -0.25) is 19.3 Å². The molecule has 126 valence electrons. The molecule has 0 saturated carbocycles. The summed E-state index contributed by atoms with van der Waals surface area (Å²) in [6.07, 6.45) is 5.30. The summed E-state index contributed by atoms with van der Waals surface area (Å²) >= 11 is 0. The third kappa shape index (κ3) is 2.98. The van der Waals surface area contributed by atoms with Crippen molar-refractivity contribution in [3.63, 3.8) is 0 Å². The third-order valence-electron chi connectivity index (χ3n) is 4.91. The van der Waals surface area contributed by atoms with Crippen LogP contribution in [-0.2, 0) is 14.4 Å². The number of para-hydroxylation sites is 1. The summed E-state index contributed by atoms with van der Waals surface area (Å²) in [5.74, 6) is -0.905. The summed E-state index contributed by atoms with van der Waals surface area (Å²) in [6.45, 7) is 4.03.